The van der Waals surface area contributed by atoms with Gasteiger partial charge in [0.25, 0.3) is 5.91 Å². The molecule has 1 amide bonds. The monoisotopic (exact) mass is 490 g/mol. The topological polar surface area (TPSA) is 88.4 Å². The number of hydrogen-bond acceptors (Lipinski definition) is 5. The zero-order chi connectivity index (χ0) is 20.5. The number of nitrogens with one attached hydrogen (secondary N) is 1. The molecule has 0 spiro atoms. The summed E-state index contributed by atoms with van der Waals surface area (Å²) in [6, 6.07) is 16.4. The Kier molecular flexibility index (Phi) is 8.02. The van der Waals surface area contributed by atoms with Crippen LogP contribution in [-0.2, 0) is 14.3 Å². The number of nitriles is 1. The Morgan fingerprint density at radius 3 is 2.57 bits per heavy atom. The number of hydrogen-bond donors (Lipinski definition) is 1. The van der Waals surface area contributed by atoms with E-state index in [0.29, 0.717) is 11.3 Å². The van der Waals surface area contributed by atoms with E-state index in [9.17, 15) is 14.9 Å². The lowest BCUT2D eigenvalue weighted by Crippen LogP contribution is -2.27. The molecule has 2 rings (SSSR count). The summed E-state index contributed by atoms with van der Waals surface area (Å²) in [7, 11) is 1.29. The molecule has 2 aromatic rings. The van der Waals surface area contributed by atoms with Gasteiger partial charge in [-0.1, -0.05) is 36.4 Å². The van der Waals surface area contributed by atoms with Crippen molar-refractivity contribution in [3.05, 3.63) is 68.8 Å². The highest BCUT2D eigenvalue weighted by Gasteiger charge is 2.14. The molecule has 1 atom stereocenters. The minimum absolute atomic E-state index is 0.00168. The molecule has 0 aliphatic rings. The van der Waals surface area contributed by atoms with E-state index in [1.807, 2.05) is 43.3 Å². The van der Waals surface area contributed by atoms with Gasteiger partial charge >= 0.3 is 5.97 Å². The number of ether oxygens (including phenoxy) is 2. The second-order valence-electron chi connectivity index (χ2n) is 5.83. The predicted molar refractivity (Wildman–Crippen MR) is 113 cm³/mol. The van der Waals surface area contributed by atoms with Crippen LogP contribution in [0.4, 0.5) is 0 Å². The number of rotatable bonds is 7. The highest BCUT2D eigenvalue weighted by atomic mass is 127. The maximum atomic E-state index is 12.4. The van der Waals surface area contributed by atoms with Crippen LogP contribution < -0.4 is 10.1 Å². The second-order valence-corrected chi connectivity index (χ2v) is 6.99. The Balaban J connectivity index is 2.10. The zero-order valence-electron chi connectivity index (χ0n) is 15.4. The van der Waals surface area contributed by atoms with Crippen molar-refractivity contribution in [2.75, 3.05) is 13.7 Å². The normalized spacial score (nSPS) is 11.9. The lowest BCUT2D eigenvalue weighted by atomic mass is 10.1. The minimum atomic E-state index is -0.476. The van der Waals surface area contributed by atoms with E-state index in [-0.39, 0.29) is 18.2 Å². The molecule has 0 fully saturated rings. The van der Waals surface area contributed by atoms with Crippen LogP contribution in [0.2, 0.25) is 0 Å². The Hall–Kier alpha value is -2.86. The SMILES string of the molecule is COC(=O)COc1ccc(/C=C(/C#N)C(=O)N[C@H](C)c2ccccc2)cc1I. The van der Waals surface area contributed by atoms with E-state index in [1.54, 1.807) is 18.2 Å². The van der Waals surface area contributed by atoms with Crippen LogP contribution >= 0.6 is 22.6 Å². The van der Waals surface area contributed by atoms with Gasteiger partial charge in [-0.3, -0.25) is 4.79 Å². The van der Waals surface area contributed by atoms with Gasteiger partial charge in [-0.25, -0.2) is 4.79 Å². The van der Waals surface area contributed by atoms with E-state index >= 15 is 0 Å². The first kappa shape index (κ1) is 21.4. The molecule has 0 aromatic heterocycles. The van der Waals surface area contributed by atoms with Gasteiger partial charge in [0.1, 0.15) is 17.4 Å². The van der Waals surface area contributed by atoms with Crippen LogP contribution in [0.3, 0.4) is 0 Å². The van der Waals surface area contributed by atoms with Crippen molar-refractivity contribution >= 4 is 40.5 Å². The van der Waals surface area contributed by atoms with Gasteiger partial charge < -0.3 is 14.8 Å². The fraction of sp³-hybridized carbons (Fsp3) is 0.190. The van der Waals surface area contributed by atoms with Gasteiger partial charge in [0.05, 0.1) is 16.7 Å². The molecular weight excluding hydrogens is 471 g/mol. The first-order chi connectivity index (χ1) is 13.4. The van der Waals surface area contributed by atoms with Crippen molar-refractivity contribution in [3.8, 4) is 11.8 Å². The standard InChI is InChI=1S/C21H19IN2O4/c1-14(16-6-4-3-5-7-16)24-21(26)17(12-23)10-15-8-9-19(18(22)11-15)28-13-20(25)27-2/h3-11,14H,13H2,1-2H3,(H,24,26)/b17-10-/t14-/m1/s1. The van der Waals surface area contributed by atoms with Crippen molar-refractivity contribution in [2.45, 2.75) is 13.0 Å². The van der Waals surface area contributed by atoms with Crippen LogP contribution in [-0.4, -0.2) is 25.6 Å². The van der Waals surface area contributed by atoms with Gasteiger partial charge in [0, 0.05) is 0 Å². The predicted octanol–water partition coefficient (Wildman–Crippen LogP) is 3.63. The van der Waals surface area contributed by atoms with Crippen LogP contribution in [0.5, 0.6) is 5.75 Å². The van der Waals surface area contributed by atoms with Crippen LogP contribution in [0, 0.1) is 14.9 Å². The Morgan fingerprint density at radius 1 is 1.25 bits per heavy atom. The molecule has 1 N–H and O–H groups in total. The molecule has 144 valence electrons. The molecule has 0 aliphatic heterocycles. The van der Waals surface area contributed by atoms with E-state index in [2.05, 4.69) is 32.6 Å². The molecule has 0 bridgehead atoms. The third kappa shape index (κ3) is 6.09. The van der Waals surface area contributed by atoms with Gasteiger partial charge in [0.15, 0.2) is 6.61 Å². The molecular formula is C21H19IN2O4. The first-order valence-electron chi connectivity index (χ1n) is 8.41. The molecule has 0 saturated carbocycles. The number of amides is 1. The van der Waals surface area contributed by atoms with Gasteiger partial charge in [-0.05, 0) is 58.9 Å². The summed E-state index contributed by atoms with van der Waals surface area (Å²) >= 11 is 2.06. The smallest absolute Gasteiger partial charge is 0.343 e. The van der Waals surface area contributed by atoms with Crippen molar-refractivity contribution in [1.82, 2.24) is 5.32 Å². The Labute approximate surface area is 177 Å². The third-order valence-corrected chi connectivity index (χ3v) is 4.70. The molecule has 28 heavy (non-hydrogen) atoms. The minimum Gasteiger partial charge on any atom is -0.481 e. The molecule has 7 heteroatoms. The molecule has 0 aliphatic carbocycles. The van der Waals surface area contributed by atoms with Crippen molar-refractivity contribution < 1.29 is 19.1 Å². The van der Waals surface area contributed by atoms with Crippen molar-refractivity contribution in [2.24, 2.45) is 0 Å². The summed E-state index contributed by atoms with van der Waals surface area (Å²) in [6.07, 6.45) is 1.51. The van der Waals surface area contributed by atoms with Gasteiger partial charge in [-0.2, -0.15) is 5.26 Å². The summed E-state index contributed by atoms with van der Waals surface area (Å²) in [6.45, 7) is 1.67. The summed E-state index contributed by atoms with van der Waals surface area (Å²) in [4.78, 5) is 23.6. The molecule has 0 saturated heterocycles. The number of carbonyl (C=O) groups excluding carboxylic acids is 2. The number of esters is 1. The zero-order valence-corrected chi connectivity index (χ0v) is 17.6. The van der Waals surface area contributed by atoms with Gasteiger partial charge in [-0.15, -0.1) is 0 Å². The van der Waals surface area contributed by atoms with Crippen LogP contribution in [0.15, 0.2) is 54.1 Å². The number of benzene rings is 2. The Morgan fingerprint density at radius 2 is 1.96 bits per heavy atom. The van der Waals surface area contributed by atoms with E-state index < -0.39 is 11.9 Å². The number of methoxy groups -OCH3 is 1. The quantitative estimate of drug-likeness (QED) is 0.277. The highest BCUT2D eigenvalue weighted by molar-refractivity contribution is 14.1. The van der Waals surface area contributed by atoms with Gasteiger partial charge in [0.2, 0.25) is 0 Å². The van der Waals surface area contributed by atoms with Crippen molar-refractivity contribution in [1.29, 1.82) is 5.26 Å². The Bertz CT molecular complexity index is 920. The second kappa shape index (κ2) is 10.5. The van der Waals surface area contributed by atoms with E-state index in [1.165, 1.54) is 13.2 Å². The van der Waals surface area contributed by atoms with E-state index in [0.717, 1.165) is 9.13 Å². The number of nitrogens with zero attached hydrogens (tertiary/aromatic N) is 1. The average molecular weight is 490 g/mol. The van der Waals surface area contributed by atoms with Crippen molar-refractivity contribution in [3.63, 3.8) is 0 Å². The lowest BCUT2D eigenvalue weighted by molar-refractivity contribution is -0.142. The van der Waals surface area contributed by atoms with Crippen LogP contribution in [0.1, 0.15) is 24.1 Å². The molecule has 0 radical (unpaired) electrons. The van der Waals surface area contributed by atoms with E-state index in [4.69, 9.17) is 4.74 Å². The maximum absolute atomic E-state index is 12.4. The average Bonchev–Trinajstić information content (AvgIpc) is 2.71. The summed E-state index contributed by atoms with van der Waals surface area (Å²) in [5.41, 5.74) is 1.63. The molecule has 0 unspecified atom stereocenters. The fourth-order valence-corrected chi connectivity index (χ4v) is 3.03. The fourth-order valence-electron chi connectivity index (χ4n) is 2.33. The maximum Gasteiger partial charge on any atom is 0.343 e. The number of halogens is 1. The third-order valence-electron chi connectivity index (χ3n) is 3.85. The number of carbonyl (C=O) groups is 2. The summed E-state index contributed by atoms with van der Waals surface area (Å²) < 4.78 is 10.7. The lowest BCUT2D eigenvalue weighted by Gasteiger charge is -2.14. The molecule has 2 aromatic carbocycles. The largest absolute Gasteiger partial charge is 0.481 e. The molecule has 6 nitrogen and oxygen atoms in total. The highest BCUT2D eigenvalue weighted by Crippen LogP contribution is 2.23. The first-order valence-corrected chi connectivity index (χ1v) is 9.49. The summed E-state index contributed by atoms with van der Waals surface area (Å²) in [5, 5.41) is 12.2. The molecule has 0 heterocycles. The van der Waals surface area contributed by atoms with Crippen LogP contribution in [0.25, 0.3) is 6.08 Å². The summed E-state index contributed by atoms with van der Waals surface area (Å²) in [5.74, 6) is -0.403.